The molecule has 0 aromatic heterocycles. The molecule has 0 N–H and O–H groups in total. The lowest BCUT2D eigenvalue weighted by Gasteiger charge is -2.33. The third-order valence-electron chi connectivity index (χ3n) is 6.04. The Hall–Kier alpha value is -3.62. The molecule has 4 amide bonds. The van der Waals surface area contributed by atoms with E-state index in [0.29, 0.717) is 31.1 Å². The normalized spacial score (nSPS) is 14.9. The monoisotopic (exact) mass is 574 g/mol. The molecule has 2 aliphatic rings. The highest BCUT2D eigenvalue weighted by Gasteiger charge is 2.43. The zero-order chi connectivity index (χ0) is 23.7. The molecule has 164 valence electrons. The number of hydrogen-bond donors (Lipinski definition) is 0. The van der Waals surface area contributed by atoms with Crippen molar-refractivity contribution in [2.45, 2.75) is 0 Å². The van der Waals surface area contributed by atoms with Gasteiger partial charge in [-0.1, -0.05) is 36.4 Å². The fourth-order valence-corrected chi connectivity index (χ4v) is 5.79. The molecule has 0 unspecified atom stereocenters. The number of anilines is 2. The van der Waals surface area contributed by atoms with E-state index in [4.69, 9.17) is 0 Å². The van der Waals surface area contributed by atoms with Gasteiger partial charge in [-0.25, -0.2) is 9.80 Å². The van der Waals surface area contributed by atoms with Crippen LogP contribution >= 0.6 is 31.9 Å². The van der Waals surface area contributed by atoms with Gasteiger partial charge in [0.1, 0.15) is 0 Å². The maximum absolute atomic E-state index is 13.6. The topological polar surface area (TPSA) is 74.8 Å². The molecule has 34 heavy (non-hydrogen) atoms. The Kier molecular flexibility index (Phi) is 4.59. The van der Waals surface area contributed by atoms with Crippen LogP contribution in [-0.4, -0.2) is 23.6 Å². The lowest BCUT2D eigenvalue weighted by molar-refractivity contribution is 0.0872. The highest BCUT2D eigenvalue weighted by Crippen LogP contribution is 2.45. The van der Waals surface area contributed by atoms with Crippen LogP contribution in [-0.2, 0) is 0 Å². The molecule has 6 rings (SSSR count). The van der Waals surface area contributed by atoms with E-state index in [9.17, 15) is 19.2 Å². The third-order valence-corrected chi connectivity index (χ3v) is 7.29. The first-order chi connectivity index (χ1) is 16.4. The van der Waals surface area contributed by atoms with Crippen molar-refractivity contribution in [3.8, 4) is 0 Å². The van der Waals surface area contributed by atoms with E-state index in [1.165, 1.54) is 0 Å². The summed E-state index contributed by atoms with van der Waals surface area (Å²) < 4.78 is 0.748. The number of hydrogen-bond acceptors (Lipinski definition) is 4. The molecule has 6 nitrogen and oxygen atoms in total. The summed E-state index contributed by atoms with van der Waals surface area (Å²) in [4.78, 5) is 56.5. The van der Waals surface area contributed by atoms with Gasteiger partial charge in [0, 0.05) is 19.7 Å². The molecule has 0 saturated carbocycles. The Morgan fingerprint density at radius 2 is 0.853 bits per heavy atom. The minimum Gasteiger partial charge on any atom is -0.268 e. The van der Waals surface area contributed by atoms with Crippen molar-refractivity contribution < 1.29 is 19.2 Å². The van der Waals surface area contributed by atoms with Crippen molar-refractivity contribution in [3.05, 3.63) is 104 Å². The summed E-state index contributed by atoms with van der Waals surface area (Å²) in [6.07, 6.45) is 0. The van der Waals surface area contributed by atoms with Gasteiger partial charge in [0.2, 0.25) is 0 Å². The van der Waals surface area contributed by atoms with Gasteiger partial charge >= 0.3 is 0 Å². The zero-order valence-corrected chi connectivity index (χ0v) is 20.4. The Bertz CT molecular complexity index is 1480. The quantitative estimate of drug-likeness (QED) is 0.276. The summed E-state index contributed by atoms with van der Waals surface area (Å²) in [5, 5.41) is 0.610. The summed E-state index contributed by atoms with van der Waals surface area (Å²) in [5.41, 5.74) is 1.81. The number of imide groups is 2. The summed E-state index contributed by atoms with van der Waals surface area (Å²) in [6.45, 7) is 0. The second-order valence-corrected chi connectivity index (χ2v) is 9.58. The smallest absolute Gasteiger partial charge is 0.267 e. The van der Waals surface area contributed by atoms with Crippen molar-refractivity contribution in [1.29, 1.82) is 0 Å². The molecule has 0 aliphatic carbocycles. The second kappa shape index (κ2) is 7.44. The number of carbonyl (C=O) groups is 4. The molecule has 0 atom stereocenters. The largest absolute Gasteiger partial charge is 0.268 e. The van der Waals surface area contributed by atoms with Gasteiger partial charge in [-0.05, 0) is 68.3 Å². The lowest BCUT2D eigenvalue weighted by Crippen LogP contribution is -2.44. The number of para-hydroxylation sites is 2. The molecule has 0 spiro atoms. The van der Waals surface area contributed by atoms with Crippen molar-refractivity contribution in [1.82, 2.24) is 0 Å². The molecule has 4 aromatic carbocycles. The predicted octanol–water partition coefficient (Wildman–Crippen LogP) is 5.97. The highest BCUT2D eigenvalue weighted by atomic mass is 79.9. The third kappa shape index (κ3) is 2.72. The van der Waals surface area contributed by atoms with E-state index < -0.39 is 23.6 Å². The van der Waals surface area contributed by atoms with Gasteiger partial charge in [-0.2, -0.15) is 0 Å². The maximum Gasteiger partial charge on any atom is 0.267 e. The van der Waals surface area contributed by atoms with E-state index in [0.717, 1.165) is 9.80 Å². The summed E-state index contributed by atoms with van der Waals surface area (Å²) in [6, 6.07) is 20.4. The van der Waals surface area contributed by atoms with E-state index in [1.807, 2.05) is 0 Å². The average molecular weight is 576 g/mol. The number of carbonyl (C=O) groups excluding carboxylic acids is 4. The first-order valence-corrected chi connectivity index (χ1v) is 11.8. The molecule has 0 radical (unpaired) electrons. The zero-order valence-electron chi connectivity index (χ0n) is 17.2. The van der Waals surface area contributed by atoms with Crippen LogP contribution < -0.4 is 9.80 Å². The van der Waals surface area contributed by atoms with Crippen molar-refractivity contribution in [3.63, 3.8) is 0 Å². The molecule has 0 bridgehead atoms. The Morgan fingerprint density at radius 1 is 0.500 bits per heavy atom. The van der Waals surface area contributed by atoms with Crippen molar-refractivity contribution in [2.75, 3.05) is 9.80 Å². The van der Waals surface area contributed by atoms with Crippen LogP contribution in [0.4, 0.5) is 11.4 Å². The van der Waals surface area contributed by atoms with E-state index in [1.54, 1.807) is 72.8 Å². The summed E-state index contributed by atoms with van der Waals surface area (Å²) in [5.74, 6) is -2.10. The molecule has 2 heterocycles. The fraction of sp³-hybridized carbons (Fsp3) is 0. The summed E-state index contributed by atoms with van der Waals surface area (Å²) >= 11 is 6.92. The number of amides is 4. The molecule has 0 saturated heterocycles. The lowest BCUT2D eigenvalue weighted by atomic mass is 9.85. The van der Waals surface area contributed by atoms with Crippen LogP contribution in [0, 0.1) is 0 Å². The Balaban J connectivity index is 1.67. The maximum atomic E-state index is 13.6. The van der Waals surface area contributed by atoms with Crippen LogP contribution in [0.15, 0.2) is 81.7 Å². The second-order valence-electron chi connectivity index (χ2n) is 7.87. The van der Waals surface area contributed by atoms with Gasteiger partial charge in [-0.15, -0.1) is 0 Å². The Labute approximate surface area is 210 Å². The number of rotatable bonds is 2. The Morgan fingerprint density at radius 3 is 1.21 bits per heavy atom. The van der Waals surface area contributed by atoms with Gasteiger partial charge in [-0.3, -0.25) is 19.2 Å². The fourth-order valence-electron chi connectivity index (χ4n) is 4.60. The van der Waals surface area contributed by atoms with Crippen LogP contribution in [0.3, 0.4) is 0 Å². The van der Waals surface area contributed by atoms with E-state index >= 15 is 0 Å². The standard InChI is InChI=1S/C26H12Br2N2O4/c27-17-12-16-20-19-15(23(31)29(25(33)21(17)19)13-7-3-1-4-8-13)11-18(28)22(20)26(34)30(24(16)32)14-9-5-2-6-10-14/h1-12H. The minimum atomic E-state index is -0.527. The van der Waals surface area contributed by atoms with Crippen molar-refractivity contribution >= 4 is 77.6 Å². The van der Waals surface area contributed by atoms with Gasteiger partial charge in [0.15, 0.2) is 0 Å². The first kappa shape index (κ1) is 20.9. The van der Waals surface area contributed by atoms with E-state index in [-0.39, 0.29) is 22.3 Å². The number of nitrogens with zero attached hydrogens (tertiary/aromatic N) is 2. The first-order valence-electron chi connectivity index (χ1n) is 10.3. The number of halogens is 2. The van der Waals surface area contributed by atoms with Crippen LogP contribution in [0.5, 0.6) is 0 Å². The van der Waals surface area contributed by atoms with Gasteiger partial charge in [0.05, 0.1) is 33.6 Å². The molecular formula is C26H12Br2N2O4. The van der Waals surface area contributed by atoms with Crippen LogP contribution in [0.2, 0.25) is 0 Å². The van der Waals surface area contributed by atoms with Crippen LogP contribution in [0.25, 0.3) is 10.8 Å². The van der Waals surface area contributed by atoms with Crippen LogP contribution in [0.1, 0.15) is 41.4 Å². The average Bonchev–Trinajstić information content (AvgIpc) is 2.83. The SMILES string of the molecule is O=C1c2cc(Br)c3c4c(cc(Br)c(c24)C(=O)N1c1ccccc1)C(=O)N(c1ccccc1)C3=O. The highest BCUT2D eigenvalue weighted by molar-refractivity contribution is 9.10. The van der Waals surface area contributed by atoms with Gasteiger partial charge in [0.25, 0.3) is 23.6 Å². The molecule has 0 fully saturated rings. The molecule has 8 heteroatoms. The van der Waals surface area contributed by atoms with Crippen molar-refractivity contribution in [2.24, 2.45) is 0 Å². The molecule has 4 aromatic rings. The summed E-state index contributed by atoms with van der Waals surface area (Å²) in [7, 11) is 0. The molecular weight excluding hydrogens is 564 g/mol. The molecule has 2 aliphatic heterocycles. The number of benzene rings is 4. The minimum absolute atomic E-state index is 0.236. The predicted molar refractivity (Wildman–Crippen MR) is 135 cm³/mol. The van der Waals surface area contributed by atoms with E-state index in [2.05, 4.69) is 31.9 Å². The van der Waals surface area contributed by atoms with Gasteiger partial charge < -0.3 is 0 Å².